The number of carbonyl (C=O) groups is 3. The van der Waals surface area contributed by atoms with Gasteiger partial charge in [-0.25, -0.2) is 9.78 Å². The van der Waals surface area contributed by atoms with Crippen molar-refractivity contribution in [3.05, 3.63) is 94.5 Å². The second kappa shape index (κ2) is 14.1. The van der Waals surface area contributed by atoms with E-state index >= 15 is 0 Å². The zero-order valence-electron chi connectivity index (χ0n) is 28.3. The summed E-state index contributed by atoms with van der Waals surface area (Å²) in [4.78, 5) is 43.0. The molecule has 2 aromatic carbocycles. The second-order valence-corrected chi connectivity index (χ2v) is 13.5. The average molecular weight is 615 g/mol. The van der Waals surface area contributed by atoms with E-state index in [-0.39, 0.29) is 28.0 Å². The zero-order chi connectivity index (χ0) is 33.7. The highest BCUT2D eigenvalue weighted by Gasteiger charge is 2.27. The minimum atomic E-state index is -1.05. The molecule has 8 heteroatoms. The van der Waals surface area contributed by atoms with Crippen LogP contribution in [0.4, 0.5) is 0 Å². The van der Waals surface area contributed by atoms with E-state index in [2.05, 4.69) is 76.1 Å². The predicted molar refractivity (Wildman–Crippen MR) is 176 cm³/mol. The van der Waals surface area contributed by atoms with Crippen LogP contribution in [0.1, 0.15) is 102 Å². The summed E-state index contributed by atoms with van der Waals surface area (Å²) >= 11 is 0. The smallest absolute Gasteiger partial charge is 0.333 e. The first-order valence-electron chi connectivity index (χ1n) is 15.1. The van der Waals surface area contributed by atoms with Crippen molar-refractivity contribution in [3.8, 4) is 11.5 Å². The van der Waals surface area contributed by atoms with Crippen LogP contribution in [-0.4, -0.2) is 36.0 Å². The first kappa shape index (κ1) is 35.0. The van der Waals surface area contributed by atoms with Crippen molar-refractivity contribution in [3.63, 3.8) is 0 Å². The Labute approximate surface area is 267 Å². The number of allylic oxidation sites excluding steroid dienone is 1. The normalized spacial score (nSPS) is 12.3. The SMILES string of the molecule is COc1ccnc(C(=O)N[C@@H](C)C(=O)OC(C)=C(c2ccc(C(C)(C)C)cc2)c2ccc(C(C)(C)C)cc2)c1OC(=O)C(C)C. The Morgan fingerprint density at radius 2 is 1.24 bits per heavy atom. The Hall–Kier alpha value is -4.46. The van der Waals surface area contributed by atoms with Gasteiger partial charge in [-0.15, -0.1) is 0 Å². The van der Waals surface area contributed by atoms with E-state index in [0.717, 1.165) is 16.7 Å². The summed E-state index contributed by atoms with van der Waals surface area (Å²) in [5.74, 6) is -1.95. The Kier molecular flexibility index (Phi) is 11.0. The van der Waals surface area contributed by atoms with E-state index in [1.54, 1.807) is 20.8 Å². The lowest BCUT2D eigenvalue weighted by atomic mass is 9.84. The molecule has 1 atom stereocenters. The van der Waals surface area contributed by atoms with Gasteiger partial charge < -0.3 is 19.5 Å². The number of hydrogen-bond donors (Lipinski definition) is 1. The fourth-order valence-electron chi connectivity index (χ4n) is 4.53. The van der Waals surface area contributed by atoms with Crippen LogP contribution in [0.15, 0.2) is 66.6 Å². The van der Waals surface area contributed by atoms with Crippen molar-refractivity contribution in [2.45, 2.75) is 86.1 Å². The number of ether oxygens (including phenoxy) is 3. The summed E-state index contributed by atoms with van der Waals surface area (Å²) in [6.45, 7) is 19.5. The lowest BCUT2D eigenvalue weighted by Gasteiger charge is -2.22. The first-order chi connectivity index (χ1) is 20.9. The third-order valence-electron chi connectivity index (χ3n) is 7.36. The van der Waals surface area contributed by atoms with Crippen molar-refractivity contribution >= 4 is 23.4 Å². The number of benzene rings is 2. The van der Waals surface area contributed by atoms with E-state index in [4.69, 9.17) is 14.2 Å². The molecule has 1 N–H and O–H groups in total. The largest absolute Gasteiger partial charge is 0.493 e. The Morgan fingerprint density at radius 3 is 1.67 bits per heavy atom. The summed E-state index contributed by atoms with van der Waals surface area (Å²) in [7, 11) is 1.39. The lowest BCUT2D eigenvalue weighted by Crippen LogP contribution is -2.40. The van der Waals surface area contributed by atoms with Gasteiger partial charge in [-0.1, -0.05) is 104 Å². The Balaban J connectivity index is 1.93. The highest BCUT2D eigenvalue weighted by atomic mass is 16.6. The number of rotatable bonds is 9. The fraction of sp³-hybridized carbons (Fsp3) is 0.405. The van der Waals surface area contributed by atoms with Crippen LogP contribution in [0.3, 0.4) is 0 Å². The van der Waals surface area contributed by atoms with Gasteiger partial charge in [0.25, 0.3) is 5.91 Å². The van der Waals surface area contributed by atoms with Crippen molar-refractivity contribution in [1.82, 2.24) is 10.3 Å². The molecule has 0 aliphatic carbocycles. The van der Waals surface area contributed by atoms with Gasteiger partial charge in [-0.2, -0.15) is 0 Å². The monoisotopic (exact) mass is 614 g/mol. The second-order valence-electron chi connectivity index (χ2n) is 13.5. The minimum Gasteiger partial charge on any atom is -0.493 e. The van der Waals surface area contributed by atoms with E-state index in [0.29, 0.717) is 5.76 Å². The van der Waals surface area contributed by atoms with Gasteiger partial charge in [-0.05, 0) is 46.9 Å². The molecule has 0 unspecified atom stereocenters. The van der Waals surface area contributed by atoms with Crippen molar-refractivity contribution in [2.75, 3.05) is 7.11 Å². The third kappa shape index (κ3) is 8.81. The van der Waals surface area contributed by atoms with Crippen LogP contribution in [0.5, 0.6) is 11.5 Å². The summed E-state index contributed by atoms with van der Waals surface area (Å²) in [6, 6.07) is 16.9. The van der Waals surface area contributed by atoms with Crippen LogP contribution in [0.25, 0.3) is 5.57 Å². The molecule has 0 aliphatic rings. The molecule has 3 aromatic rings. The number of aromatic nitrogens is 1. The molecule has 1 amide bonds. The maximum absolute atomic E-state index is 13.3. The fourth-order valence-corrected chi connectivity index (χ4v) is 4.53. The summed E-state index contributed by atoms with van der Waals surface area (Å²) < 4.78 is 16.6. The number of amides is 1. The minimum absolute atomic E-state index is 0.0173. The van der Waals surface area contributed by atoms with Gasteiger partial charge in [0.1, 0.15) is 11.8 Å². The zero-order valence-corrected chi connectivity index (χ0v) is 28.3. The molecule has 0 saturated heterocycles. The lowest BCUT2D eigenvalue weighted by molar-refractivity contribution is -0.141. The van der Waals surface area contributed by atoms with Gasteiger partial charge in [0.15, 0.2) is 11.4 Å². The molecule has 1 aromatic heterocycles. The number of nitrogens with one attached hydrogen (secondary N) is 1. The summed E-state index contributed by atoms with van der Waals surface area (Å²) in [5.41, 5.74) is 4.70. The van der Waals surface area contributed by atoms with Crippen molar-refractivity contribution in [2.24, 2.45) is 5.92 Å². The van der Waals surface area contributed by atoms with Crippen LogP contribution in [0, 0.1) is 5.92 Å². The molecule has 1 heterocycles. The molecule has 0 spiro atoms. The number of hydrogen-bond acceptors (Lipinski definition) is 7. The molecule has 0 saturated carbocycles. The van der Waals surface area contributed by atoms with Crippen LogP contribution in [0.2, 0.25) is 0 Å². The first-order valence-corrected chi connectivity index (χ1v) is 15.1. The van der Waals surface area contributed by atoms with E-state index in [1.807, 2.05) is 24.3 Å². The van der Waals surface area contributed by atoms with Gasteiger partial charge in [0, 0.05) is 17.8 Å². The molecule has 240 valence electrons. The number of esters is 2. The number of methoxy groups -OCH3 is 1. The molecule has 45 heavy (non-hydrogen) atoms. The Morgan fingerprint density at radius 1 is 0.756 bits per heavy atom. The van der Waals surface area contributed by atoms with Gasteiger partial charge in [0.05, 0.1) is 13.0 Å². The molecule has 0 fully saturated rings. The van der Waals surface area contributed by atoms with E-state index in [1.165, 1.54) is 37.4 Å². The molecule has 8 nitrogen and oxygen atoms in total. The van der Waals surface area contributed by atoms with Crippen molar-refractivity contribution in [1.29, 1.82) is 0 Å². The maximum Gasteiger partial charge on any atom is 0.333 e. The number of carbonyl (C=O) groups excluding carboxylic acids is 3. The molecule has 0 radical (unpaired) electrons. The Bertz CT molecular complexity index is 1500. The van der Waals surface area contributed by atoms with Crippen molar-refractivity contribution < 1.29 is 28.6 Å². The number of pyridine rings is 1. The maximum atomic E-state index is 13.3. The average Bonchev–Trinajstić information content (AvgIpc) is 2.96. The van der Waals surface area contributed by atoms with E-state index < -0.39 is 29.8 Å². The molecule has 0 aliphatic heterocycles. The third-order valence-corrected chi connectivity index (χ3v) is 7.36. The quantitative estimate of drug-likeness (QED) is 0.198. The number of nitrogens with zero attached hydrogens (tertiary/aromatic N) is 1. The van der Waals surface area contributed by atoms with Gasteiger partial charge in [-0.3, -0.25) is 9.59 Å². The standard InChI is InChI=1S/C37H46N2O6/c1-22(2)34(41)45-32-29(43-11)20-21-38-31(32)33(40)39-23(3)35(42)44-24(4)30(25-12-16-27(17-13-25)36(5,6)7)26-14-18-28(19-15-26)37(8,9)10/h12-23H,1-11H3,(H,39,40)/t23-/m0/s1. The highest BCUT2D eigenvalue weighted by molar-refractivity contribution is 5.99. The van der Waals surface area contributed by atoms with Crippen LogP contribution in [-0.2, 0) is 25.2 Å². The molecular formula is C37H46N2O6. The molecular weight excluding hydrogens is 568 g/mol. The highest BCUT2D eigenvalue weighted by Crippen LogP contribution is 2.33. The summed E-state index contributed by atoms with van der Waals surface area (Å²) in [6.07, 6.45) is 1.36. The van der Waals surface area contributed by atoms with E-state index in [9.17, 15) is 14.4 Å². The molecule has 0 bridgehead atoms. The predicted octanol–water partition coefficient (Wildman–Crippen LogP) is 7.39. The van der Waals surface area contributed by atoms with Crippen LogP contribution < -0.4 is 14.8 Å². The van der Waals surface area contributed by atoms with Crippen LogP contribution >= 0.6 is 0 Å². The topological polar surface area (TPSA) is 104 Å². The molecule has 3 rings (SSSR count). The van der Waals surface area contributed by atoms with Gasteiger partial charge >= 0.3 is 11.9 Å². The summed E-state index contributed by atoms with van der Waals surface area (Å²) in [5, 5.41) is 2.62. The van der Waals surface area contributed by atoms with Gasteiger partial charge in [0.2, 0.25) is 5.75 Å².